The predicted octanol–water partition coefficient (Wildman–Crippen LogP) is 4.68. The van der Waals surface area contributed by atoms with E-state index < -0.39 is 17.8 Å². The molecule has 3 rings (SSSR count). The zero-order valence-electron chi connectivity index (χ0n) is 16.0. The first kappa shape index (κ1) is 20.5. The Morgan fingerprint density at radius 3 is 1.93 bits per heavy atom. The van der Waals surface area contributed by atoms with Crippen molar-refractivity contribution in [3.8, 4) is 0 Å². The molecule has 0 fully saturated rings. The van der Waals surface area contributed by atoms with Gasteiger partial charge in [-0.3, -0.25) is 9.59 Å². The van der Waals surface area contributed by atoms with Gasteiger partial charge in [-0.2, -0.15) is 0 Å². The second-order valence-electron chi connectivity index (χ2n) is 6.35. The highest BCUT2D eigenvalue weighted by atomic mass is 19.1. The van der Waals surface area contributed by atoms with E-state index in [9.17, 15) is 18.8 Å². The van der Waals surface area contributed by atoms with Crippen molar-refractivity contribution in [1.82, 2.24) is 0 Å². The molecule has 0 aliphatic carbocycles. The molecule has 0 saturated heterocycles. The Hall–Kier alpha value is -4.20. The molecule has 4 N–H and O–H groups in total. The first-order valence-corrected chi connectivity index (χ1v) is 9.02. The van der Waals surface area contributed by atoms with Gasteiger partial charge in [0.1, 0.15) is 5.82 Å². The maximum atomic E-state index is 14.0. The van der Waals surface area contributed by atoms with Gasteiger partial charge >= 0.3 is 6.03 Å². The van der Waals surface area contributed by atoms with E-state index >= 15 is 0 Å². The minimum Gasteiger partial charge on any atom is -0.326 e. The van der Waals surface area contributed by atoms with Crippen molar-refractivity contribution < 1.29 is 18.8 Å². The molecule has 8 heteroatoms. The Labute approximate surface area is 172 Å². The minimum atomic E-state index is -0.631. The van der Waals surface area contributed by atoms with Crippen LogP contribution in [0.4, 0.5) is 31.9 Å². The van der Waals surface area contributed by atoms with Gasteiger partial charge in [0.25, 0.3) is 5.91 Å². The molecule has 152 valence electrons. The molecule has 0 atom stereocenters. The zero-order valence-corrected chi connectivity index (χ0v) is 16.0. The van der Waals surface area contributed by atoms with E-state index in [-0.39, 0.29) is 17.2 Å². The number of anilines is 4. The summed E-state index contributed by atoms with van der Waals surface area (Å²) in [5, 5.41) is 10.3. The molecule has 3 aromatic rings. The Morgan fingerprint density at radius 1 is 0.700 bits per heavy atom. The summed E-state index contributed by atoms with van der Waals surface area (Å²) >= 11 is 0. The van der Waals surface area contributed by atoms with Gasteiger partial charge in [-0.1, -0.05) is 18.2 Å². The van der Waals surface area contributed by atoms with Crippen molar-refractivity contribution in [2.45, 2.75) is 6.92 Å². The Bertz CT molecular complexity index is 1070. The molecule has 3 aromatic carbocycles. The normalized spacial score (nSPS) is 10.1. The summed E-state index contributed by atoms with van der Waals surface area (Å²) < 4.78 is 14.0. The van der Waals surface area contributed by atoms with Crippen LogP contribution in [0.2, 0.25) is 0 Å². The Kier molecular flexibility index (Phi) is 6.39. The third-order valence-corrected chi connectivity index (χ3v) is 3.97. The number of amides is 4. The van der Waals surface area contributed by atoms with Crippen molar-refractivity contribution in [1.29, 1.82) is 0 Å². The molecule has 0 spiro atoms. The topological polar surface area (TPSA) is 99.3 Å². The number of rotatable bonds is 5. The molecule has 0 heterocycles. The van der Waals surface area contributed by atoms with E-state index in [2.05, 4.69) is 21.3 Å². The molecule has 0 unspecified atom stereocenters. The highest BCUT2D eigenvalue weighted by molar-refractivity contribution is 6.05. The first-order chi connectivity index (χ1) is 14.4. The quantitative estimate of drug-likeness (QED) is 0.495. The van der Waals surface area contributed by atoms with Crippen LogP contribution in [0.15, 0.2) is 72.8 Å². The van der Waals surface area contributed by atoms with Crippen LogP contribution in [0.3, 0.4) is 0 Å². The highest BCUT2D eigenvalue weighted by Gasteiger charge is 2.11. The zero-order chi connectivity index (χ0) is 21.5. The largest absolute Gasteiger partial charge is 0.326 e. The molecule has 0 aromatic heterocycles. The monoisotopic (exact) mass is 406 g/mol. The summed E-state index contributed by atoms with van der Waals surface area (Å²) in [6, 6.07) is 18.5. The lowest BCUT2D eigenvalue weighted by Gasteiger charge is -2.10. The molecule has 7 nitrogen and oxygen atoms in total. The van der Waals surface area contributed by atoms with Crippen LogP contribution in [-0.2, 0) is 4.79 Å². The van der Waals surface area contributed by atoms with Gasteiger partial charge in [0.2, 0.25) is 5.91 Å². The fraction of sp³-hybridized carbons (Fsp3) is 0.0455. The number of benzene rings is 3. The van der Waals surface area contributed by atoms with Gasteiger partial charge in [-0.25, -0.2) is 9.18 Å². The lowest BCUT2D eigenvalue weighted by Crippen LogP contribution is -2.19. The Balaban J connectivity index is 1.62. The van der Waals surface area contributed by atoms with Crippen LogP contribution in [0.1, 0.15) is 17.3 Å². The second-order valence-corrected chi connectivity index (χ2v) is 6.35. The summed E-state index contributed by atoms with van der Waals surface area (Å²) in [5.41, 5.74) is 1.71. The lowest BCUT2D eigenvalue weighted by atomic mass is 10.2. The summed E-state index contributed by atoms with van der Waals surface area (Å²) in [5.74, 6) is -1.47. The molecule has 4 amide bonds. The number of nitrogens with one attached hydrogen (secondary N) is 4. The number of carbonyl (C=O) groups is 3. The number of hydrogen-bond donors (Lipinski definition) is 4. The molecule has 0 aliphatic rings. The minimum absolute atomic E-state index is 0.0595. The van der Waals surface area contributed by atoms with Crippen molar-refractivity contribution >= 4 is 40.6 Å². The van der Waals surface area contributed by atoms with E-state index in [1.165, 1.54) is 31.2 Å². The third kappa shape index (κ3) is 5.65. The van der Waals surface area contributed by atoms with Crippen molar-refractivity contribution in [3.63, 3.8) is 0 Å². The number of carbonyl (C=O) groups excluding carboxylic acids is 3. The van der Waals surface area contributed by atoms with Crippen molar-refractivity contribution in [2.24, 2.45) is 0 Å². The maximum Gasteiger partial charge on any atom is 0.323 e. The summed E-state index contributed by atoms with van der Waals surface area (Å²) in [7, 11) is 0. The van der Waals surface area contributed by atoms with Gasteiger partial charge in [-0.15, -0.1) is 0 Å². The average Bonchev–Trinajstić information content (AvgIpc) is 2.71. The van der Waals surface area contributed by atoms with Gasteiger partial charge in [-0.05, 0) is 54.6 Å². The molecule has 0 radical (unpaired) electrons. The molecule has 0 bridgehead atoms. The van der Waals surface area contributed by atoms with E-state index in [1.807, 2.05) is 6.07 Å². The molecular weight excluding hydrogens is 387 g/mol. The predicted molar refractivity (Wildman–Crippen MR) is 114 cm³/mol. The van der Waals surface area contributed by atoms with Crippen LogP contribution >= 0.6 is 0 Å². The van der Waals surface area contributed by atoms with E-state index in [4.69, 9.17) is 0 Å². The number of halogens is 1. The first-order valence-electron chi connectivity index (χ1n) is 9.02. The lowest BCUT2D eigenvalue weighted by molar-refractivity contribution is -0.114. The maximum absolute atomic E-state index is 14.0. The molecule has 0 saturated carbocycles. The van der Waals surface area contributed by atoms with E-state index in [1.54, 1.807) is 36.4 Å². The molecule has 0 aliphatic heterocycles. The fourth-order valence-corrected chi connectivity index (χ4v) is 2.62. The highest BCUT2D eigenvalue weighted by Crippen LogP contribution is 2.21. The Morgan fingerprint density at radius 2 is 1.30 bits per heavy atom. The average molecular weight is 406 g/mol. The van der Waals surface area contributed by atoms with Gasteiger partial charge in [0, 0.05) is 29.5 Å². The van der Waals surface area contributed by atoms with Crippen LogP contribution < -0.4 is 21.3 Å². The van der Waals surface area contributed by atoms with Crippen molar-refractivity contribution in [2.75, 3.05) is 21.3 Å². The van der Waals surface area contributed by atoms with Crippen LogP contribution in [0.25, 0.3) is 0 Å². The third-order valence-electron chi connectivity index (χ3n) is 3.97. The smallest absolute Gasteiger partial charge is 0.323 e. The fourth-order valence-electron chi connectivity index (χ4n) is 2.62. The van der Waals surface area contributed by atoms with Crippen LogP contribution in [-0.4, -0.2) is 17.8 Å². The summed E-state index contributed by atoms with van der Waals surface area (Å²) in [6.07, 6.45) is 0. The van der Waals surface area contributed by atoms with E-state index in [0.717, 1.165) is 6.07 Å². The van der Waals surface area contributed by atoms with Crippen LogP contribution in [0.5, 0.6) is 0 Å². The van der Waals surface area contributed by atoms with Gasteiger partial charge in [0.15, 0.2) is 0 Å². The molecular formula is C22H19FN4O3. The SMILES string of the molecule is CC(=O)Nc1ccc(F)c(NC(=O)c2ccc(NC(=O)Nc3ccccc3)cc2)c1. The summed E-state index contributed by atoms with van der Waals surface area (Å²) in [4.78, 5) is 35.6. The van der Waals surface area contributed by atoms with Crippen LogP contribution in [0, 0.1) is 5.82 Å². The second kappa shape index (κ2) is 9.33. The van der Waals surface area contributed by atoms with Crippen molar-refractivity contribution in [3.05, 3.63) is 84.2 Å². The van der Waals surface area contributed by atoms with Gasteiger partial charge < -0.3 is 21.3 Å². The van der Waals surface area contributed by atoms with E-state index in [0.29, 0.717) is 17.1 Å². The van der Waals surface area contributed by atoms with Gasteiger partial charge in [0.05, 0.1) is 5.69 Å². The number of hydrogen-bond acceptors (Lipinski definition) is 3. The standard InChI is InChI=1S/C22H19FN4O3/c1-14(28)24-18-11-12-19(23)20(13-18)27-21(29)15-7-9-17(10-8-15)26-22(30)25-16-5-3-2-4-6-16/h2-13H,1H3,(H,24,28)(H,27,29)(H2,25,26,30). The number of urea groups is 1. The molecule has 30 heavy (non-hydrogen) atoms. The number of para-hydroxylation sites is 1. The summed E-state index contributed by atoms with van der Waals surface area (Å²) in [6.45, 7) is 1.33.